The molecule has 0 aliphatic carbocycles. The van der Waals surface area contributed by atoms with Gasteiger partial charge in [0.1, 0.15) is 0 Å². The van der Waals surface area contributed by atoms with Crippen LogP contribution in [0.1, 0.15) is 24.3 Å². The van der Waals surface area contributed by atoms with Gasteiger partial charge in [-0.3, -0.25) is 0 Å². The Kier molecular flexibility index (Phi) is 2.55. The Bertz CT molecular complexity index is 444. The summed E-state index contributed by atoms with van der Waals surface area (Å²) in [5.74, 6) is -0.385. The van der Waals surface area contributed by atoms with Crippen LogP contribution in [0.15, 0.2) is 6.07 Å². The summed E-state index contributed by atoms with van der Waals surface area (Å²) in [4.78, 5) is 0. The zero-order chi connectivity index (χ0) is 11.8. The van der Waals surface area contributed by atoms with Gasteiger partial charge >= 0.3 is 0 Å². The molecule has 17 heavy (non-hydrogen) atoms. The van der Waals surface area contributed by atoms with E-state index in [9.17, 15) is 9.50 Å². The fourth-order valence-corrected chi connectivity index (χ4v) is 2.46. The first-order valence-electron chi connectivity index (χ1n) is 5.79. The van der Waals surface area contributed by atoms with Crippen LogP contribution in [-0.4, -0.2) is 25.0 Å². The fourth-order valence-electron chi connectivity index (χ4n) is 2.46. The number of phenolic OH excluding ortho intramolecular Hbond substituents is 1. The molecule has 0 spiro atoms. The number of phenols is 1. The Morgan fingerprint density at radius 3 is 2.82 bits per heavy atom. The minimum atomic E-state index is -0.700. The number of rotatable bonds is 1. The molecule has 0 unspecified atom stereocenters. The quantitative estimate of drug-likeness (QED) is 0.783. The number of piperidine rings is 1. The molecule has 1 aromatic carbocycles. The monoisotopic (exact) mass is 239 g/mol. The van der Waals surface area contributed by atoms with E-state index in [2.05, 4.69) is 5.32 Å². The molecule has 1 fully saturated rings. The maximum Gasteiger partial charge on any atom is 0.231 e. The first kappa shape index (κ1) is 10.7. The van der Waals surface area contributed by atoms with Gasteiger partial charge in [-0.1, -0.05) is 0 Å². The van der Waals surface area contributed by atoms with Gasteiger partial charge in [0.05, 0.1) is 0 Å². The third kappa shape index (κ3) is 1.70. The lowest BCUT2D eigenvalue weighted by atomic mass is 9.89. The van der Waals surface area contributed by atoms with Crippen LogP contribution >= 0.6 is 0 Å². The fraction of sp³-hybridized carbons (Fsp3) is 0.500. The van der Waals surface area contributed by atoms with E-state index < -0.39 is 5.82 Å². The smallest absolute Gasteiger partial charge is 0.231 e. The molecule has 2 N–H and O–H groups in total. The summed E-state index contributed by atoms with van der Waals surface area (Å²) in [6.45, 7) is 1.79. The zero-order valence-electron chi connectivity index (χ0n) is 9.33. The number of fused-ring (bicyclic) bond motifs is 1. The van der Waals surface area contributed by atoms with Gasteiger partial charge in [-0.05, 0) is 37.9 Å². The summed E-state index contributed by atoms with van der Waals surface area (Å²) < 4.78 is 24.0. The topological polar surface area (TPSA) is 50.7 Å². The van der Waals surface area contributed by atoms with Crippen molar-refractivity contribution in [2.45, 2.75) is 18.8 Å². The van der Waals surface area contributed by atoms with Gasteiger partial charge < -0.3 is 19.9 Å². The molecule has 5 heteroatoms. The molecule has 2 heterocycles. The van der Waals surface area contributed by atoms with Crippen LogP contribution in [0.3, 0.4) is 0 Å². The van der Waals surface area contributed by atoms with Crippen molar-refractivity contribution < 1.29 is 19.0 Å². The Morgan fingerprint density at radius 1 is 1.29 bits per heavy atom. The molecule has 1 aromatic rings. The Labute approximate surface area is 98.3 Å². The first-order chi connectivity index (χ1) is 8.27. The summed E-state index contributed by atoms with van der Waals surface area (Å²) >= 11 is 0. The van der Waals surface area contributed by atoms with Crippen molar-refractivity contribution in [1.29, 1.82) is 0 Å². The zero-order valence-corrected chi connectivity index (χ0v) is 9.33. The van der Waals surface area contributed by atoms with Crippen LogP contribution in [0.2, 0.25) is 0 Å². The summed E-state index contributed by atoms with van der Waals surface area (Å²) in [6.07, 6.45) is 1.79. The lowest BCUT2D eigenvalue weighted by Crippen LogP contribution is -2.26. The van der Waals surface area contributed by atoms with Gasteiger partial charge in [0, 0.05) is 5.56 Å². The van der Waals surface area contributed by atoms with Crippen molar-refractivity contribution in [3.63, 3.8) is 0 Å². The number of hydrogen-bond acceptors (Lipinski definition) is 4. The van der Waals surface area contributed by atoms with Crippen molar-refractivity contribution in [3.8, 4) is 17.2 Å². The van der Waals surface area contributed by atoms with Crippen molar-refractivity contribution in [3.05, 3.63) is 17.4 Å². The van der Waals surface area contributed by atoms with Gasteiger partial charge in [0.2, 0.25) is 18.4 Å². The highest BCUT2D eigenvalue weighted by Gasteiger charge is 2.28. The molecule has 1 saturated heterocycles. The average molecular weight is 239 g/mol. The standard InChI is InChI=1S/C12H14FNO3/c13-10-11(15)8(7-1-3-14-4-2-7)5-9-12(10)17-6-16-9/h5,7,14-15H,1-4,6H2. The van der Waals surface area contributed by atoms with Crippen molar-refractivity contribution >= 4 is 0 Å². The molecule has 0 atom stereocenters. The van der Waals surface area contributed by atoms with Gasteiger partial charge in [-0.15, -0.1) is 0 Å². The summed E-state index contributed by atoms with van der Waals surface area (Å²) in [5, 5.41) is 13.1. The number of benzene rings is 1. The van der Waals surface area contributed by atoms with Gasteiger partial charge in [-0.25, -0.2) is 0 Å². The maximum atomic E-state index is 13.8. The van der Waals surface area contributed by atoms with E-state index in [0.717, 1.165) is 25.9 Å². The molecule has 0 bridgehead atoms. The molecule has 4 nitrogen and oxygen atoms in total. The second-order valence-electron chi connectivity index (χ2n) is 4.39. The van der Waals surface area contributed by atoms with E-state index in [1.54, 1.807) is 6.07 Å². The van der Waals surface area contributed by atoms with E-state index in [4.69, 9.17) is 9.47 Å². The maximum absolute atomic E-state index is 13.8. The number of hydrogen-bond donors (Lipinski definition) is 2. The highest BCUT2D eigenvalue weighted by molar-refractivity contribution is 5.53. The second kappa shape index (κ2) is 4.07. The Hall–Kier alpha value is -1.49. The van der Waals surface area contributed by atoms with Crippen molar-refractivity contribution in [1.82, 2.24) is 5.32 Å². The molecular formula is C12H14FNO3. The summed E-state index contributed by atoms with van der Waals surface area (Å²) in [6, 6.07) is 1.71. The predicted octanol–water partition coefficient (Wildman–Crippen LogP) is 1.73. The van der Waals surface area contributed by atoms with Crippen molar-refractivity contribution in [2.75, 3.05) is 19.9 Å². The number of halogens is 1. The summed E-state index contributed by atoms with van der Waals surface area (Å²) in [5.41, 5.74) is 0.633. The molecule has 2 aliphatic heterocycles. The number of aromatic hydroxyl groups is 1. The molecule has 0 radical (unpaired) electrons. The lowest BCUT2D eigenvalue weighted by Gasteiger charge is -2.24. The Balaban J connectivity index is 2.01. The van der Waals surface area contributed by atoms with Crippen LogP contribution in [0.25, 0.3) is 0 Å². The van der Waals surface area contributed by atoms with Gasteiger partial charge in [0.25, 0.3) is 0 Å². The molecule has 0 saturated carbocycles. The van der Waals surface area contributed by atoms with Crippen LogP contribution < -0.4 is 14.8 Å². The highest BCUT2D eigenvalue weighted by atomic mass is 19.1. The third-order valence-corrected chi connectivity index (χ3v) is 3.39. The van der Waals surface area contributed by atoms with E-state index in [0.29, 0.717) is 11.3 Å². The van der Waals surface area contributed by atoms with E-state index >= 15 is 0 Å². The average Bonchev–Trinajstić information content (AvgIpc) is 2.83. The Morgan fingerprint density at radius 2 is 2.06 bits per heavy atom. The van der Waals surface area contributed by atoms with Gasteiger partial charge in [-0.2, -0.15) is 4.39 Å². The predicted molar refractivity (Wildman–Crippen MR) is 59.0 cm³/mol. The van der Waals surface area contributed by atoms with Gasteiger partial charge in [0.15, 0.2) is 11.5 Å². The van der Waals surface area contributed by atoms with Crippen LogP contribution in [-0.2, 0) is 0 Å². The van der Waals surface area contributed by atoms with E-state index in [-0.39, 0.29) is 24.2 Å². The molecule has 3 rings (SSSR count). The summed E-state index contributed by atoms with van der Waals surface area (Å²) in [7, 11) is 0. The third-order valence-electron chi connectivity index (χ3n) is 3.39. The largest absolute Gasteiger partial charge is 0.505 e. The second-order valence-corrected chi connectivity index (χ2v) is 4.39. The van der Waals surface area contributed by atoms with E-state index in [1.165, 1.54) is 0 Å². The van der Waals surface area contributed by atoms with E-state index in [1.807, 2.05) is 0 Å². The van der Waals surface area contributed by atoms with Crippen LogP contribution in [0.4, 0.5) is 4.39 Å². The molecule has 0 aromatic heterocycles. The van der Waals surface area contributed by atoms with Crippen LogP contribution in [0.5, 0.6) is 17.2 Å². The minimum absolute atomic E-state index is 0.0152. The number of ether oxygens (including phenoxy) is 2. The normalized spacial score (nSPS) is 19.6. The number of nitrogens with one attached hydrogen (secondary N) is 1. The first-order valence-corrected chi connectivity index (χ1v) is 5.79. The van der Waals surface area contributed by atoms with Crippen molar-refractivity contribution in [2.24, 2.45) is 0 Å². The molecule has 2 aliphatic rings. The molecule has 0 amide bonds. The SMILES string of the molecule is Oc1c(C2CCNCC2)cc2c(c1F)OCO2. The van der Waals surface area contributed by atoms with Crippen LogP contribution in [0, 0.1) is 5.82 Å². The lowest BCUT2D eigenvalue weighted by molar-refractivity contribution is 0.170. The molecule has 92 valence electrons. The minimum Gasteiger partial charge on any atom is -0.505 e. The highest BCUT2D eigenvalue weighted by Crippen LogP contribution is 2.45. The molecular weight excluding hydrogens is 225 g/mol.